The number of anilines is 1. The number of imidazole rings is 1. The molecule has 4 aromatic rings. The van der Waals surface area contributed by atoms with E-state index < -0.39 is 9.84 Å². The zero-order valence-corrected chi connectivity index (χ0v) is 19.0. The van der Waals surface area contributed by atoms with Crippen LogP contribution in [0.3, 0.4) is 0 Å². The summed E-state index contributed by atoms with van der Waals surface area (Å²) in [5, 5.41) is 2.80. The fourth-order valence-corrected chi connectivity index (χ4v) is 4.14. The number of sulfone groups is 1. The number of ether oxygens (including phenoxy) is 2. The highest BCUT2D eigenvalue weighted by Gasteiger charge is 2.14. The van der Waals surface area contributed by atoms with Crippen molar-refractivity contribution in [2.45, 2.75) is 18.4 Å². The van der Waals surface area contributed by atoms with Gasteiger partial charge in [-0.2, -0.15) is 0 Å². The lowest BCUT2D eigenvalue weighted by Crippen LogP contribution is -2.12. The highest BCUT2D eigenvalue weighted by molar-refractivity contribution is 7.91. The van der Waals surface area contributed by atoms with Crippen LogP contribution >= 0.6 is 0 Å². The Kier molecular flexibility index (Phi) is 6.32. The summed E-state index contributed by atoms with van der Waals surface area (Å²) in [4.78, 5) is 17.3. The molecule has 0 aliphatic heterocycles. The van der Waals surface area contributed by atoms with Crippen LogP contribution in [-0.2, 0) is 16.4 Å². The Balaban J connectivity index is 1.48. The fourth-order valence-electron chi connectivity index (χ4n) is 3.26. The topological polar surface area (TPSA) is 99.0 Å². The van der Waals surface area contributed by atoms with Gasteiger partial charge in [0, 0.05) is 29.7 Å². The molecule has 9 heteroatoms. The minimum atomic E-state index is -3.32. The maximum atomic E-state index is 12.6. The number of fused-ring (bicyclic) bond motifs is 1. The molecule has 0 radical (unpaired) electrons. The zero-order valence-electron chi connectivity index (χ0n) is 18.2. The van der Waals surface area contributed by atoms with Crippen molar-refractivity contribution in [2.75, 3.05) is 18.2 Å². The van der Waals surface area contributed by atoms with Gasteiger partial charge in [0.1, 0.15) is 12.3 Å². The molecule has 0 unspecified atom stereocenters. The average Bonchev–Trinajstić information content (AvgIpc) is 3.26. The van der Waals surface area contributed by atoms with E-state index >= 15 is 0 Å². The molecule has 0 aliphatic rings. The number of amides is 1. The third kappa shape index (κ3) is 4.98. The van der Waals surface area contributed by atoms with Gasteiger partial charge in [-0.05, 0) is 48.5 Å². The van der Waals surface area contributed by atoms with E-state index in [1.165, 1.54) is 31.4 Å². The third-order valence-corrected chi connectivity index (χ3v) is 6.82. The van der Waals surface area contributed by atoms with Crippen LogP contribution in [0, 0.1) is 0 Å². The van der Waals surface area contributed by atoms with Crippen molar-refractivity contribution in [3.63, 3.8) is 0 Å². The van der Waals surface area contributed by atoms with Crippen LogP contribution in [0.1, 0.15) is 23.0 Å². The van der Waals surface area contributed by atoms with Gasteiger partial charge >= 0.3 is 0 Å². The number of nitrogens with one attached hydrogen (secondary N) is 1. The number of hydrogen-bond donors (Lipinski definition) is 1. The molecule has 0 fully saturated rings. The van der Waals surface area contributed by atoms with Gasteiger partial charge in [0.15, 0.2) is 21.3 Å². The number of aromatic nitrogens is 2. The second kappa shape index (κ2) is 9.33. The Hall–Kier alpha value is -3.85. The number of rotatable bonds is 8. The first-order valence-corrected chi connectivity index (χ1v) is 11.9. The molecular formula is C24H23N3O5S. The lowest BCUT2D eigenvalue weighted by Gasteiger charge is -2.12. The molecule has 0 atom stereocenters. The lowest BCUT2D eigenvalue weighted by molar-refractivity contribution is 0.102. The maximum Gasteiger partial charge on any atom is 0.255 e. The molecule has 170 valence electrons. The molecule has 0 saturated carbocycles. The van der Waals surface area contributed by atoms with Gasteiger partial charge in [-0.3, -0.25) is 4.79 Å². The Morgan fingerprint density at radius 3 is 2.55 bits per heavy atom. The summed E-state index contributed by atoms with van der Waals surface area (Å²) in [6, 6.07) is 16.7. The van der Waals surface area contributed by atoms with Crippen molar-refractivity contribution in [1.82, 2.24) is 9.38 Å². The molecule has 1 N–H and O–H groups in total. The molecule has 2 aromatic carbocycles. The minimum absolute atomic E-state index is 0.00211. The molecule has 0 saturated heterocycles. The summed E-state index contributed by atoms with van der Waals surface area (Å²) in [7, 11) is -1.78. The molecule has 1 amide bonds. The summed E-state index contributed by atoms with van der Waals surface area (Å²) in [6.07, 6.45) is 3.79. The van der Waals surface area contributed by atoms with Gasteiger partial charge in [0.05, 0.1) is 23.5 Å². The Labute approximate surface area is 191 Å². The van der Waals surface area contributed by atoms with Crippen LogP contribution in [-0.4, -0.2) is 36.6 Å². The van der Waals surface area contributed by atoms with Gasteiger partial charge < -0.3 is 19.2 Å². The first kappa shape index (κ1) is 22.3. The Morgan fingerprint density at radius 2 is 1.85 bits per heavy atom. The van der Waals surface area contributed by atoms with E-state index in [4.69, 9.17) is 9.47 Å². The van der Waals surface area contributed by atoms with E-state index in [1.807, 2.05) is 35.0 Å². The highest BCUT2D eigenvalue weighted by atomic mass is 32.2. The summed E-state index contributed by atoms with van der Waals surface area (Å²) < 4.78 is 37.1. The summed E-state index contributed by atoms with van der Waals surface area (Å²) in [5.41, 5.74) is 2.42. The number of hydrogen-bond acceptors (Lipinski definition) is 6. The standard InChI is InChI=1S/C24H23N3O5S/c1-3-33(29,30)20-10-7-17(8-11-20)24(28)26-18-9-12-21(31-2)22(14-18)32-16-19-15-27-13-5-4-6-23(27)25-19/h4-15H,3,16H2,1-2H3,(H,26,28). The predicted octanol–water partition coefficient (Wildman–Crippen LogP) is 3.97. The number of pyridine rings is 1. The monoisotopic (exact) mass is 465 g/mol. The van der Waals surface area contributed by atoms with Gasteiger partial charge in [0.25, 0.3) is 5.91 Å². The van der Waals surface area contributed by atoms with Crippen LogP contribution in [0.4, 0.5) is 5.69 Å². The van der Waals surface area contributed by atoms with E-state index in [0.717, 1.165) is 11.3 Å². The summed E-state index contributed by atoms with van der Waals surface area (Å²) in [6.45, 7) is 1.80. The van der Waals surface area contributed by atoms with Crippen LogP contribution in [0.5, 0.6) is 11.5 Å². The van der Waals surface area contributed by atoms with Crippen molar-refractivity contribution >= 4 is 27.1 Å². The van der Waals surface area contributed by atoms with E-state index in [2.05, 4.69) is 10.3 Å². The average molecular weight is 466 g/mol. The molecular weight excluding hydrogens is 442 g/mol. The zero-order chi connectivity index (χ0) is 23.4. The maximum absolute atomic E-state index is 12.6. The molecule has 8 nitrogen and oxygen atoms in total. The molecule has 2 heterocycles. The SMILES string of the molecule is CCS(=O)(=O)c1ccc(C(=O)Nc2ccc(OC)c(OCc3cn4ccccc4n3)c2)cc1. The van der Waals surface area contributed by atoms with Crippen LogP contribution in [0.15, 0.2) is 78.0 Å². The number of benzene rings is 2. The van der Waals surface area contributed by atoms with Crippen molar-refractivity contribution in [2.24, 2.45) is 0 Å². The number of nitrogens with zero attached hydrogens (tertiary/aromatic N) is 2. The molecule has 4 rings (SSSR count). The smallest absolute Gasteiger partial charge is 0.255 e. The number of carbonyl (C=O) groups excluding carboxylic acids is 1. The van der Waals surface area contributed by atoms with Gasteiger partial charge in [-0.1, -0.05) is 13.0 Å². The predicted molar refractivity (Wildman–Crippen MR) is 125 cm³/mol. The van der Waals surface area contributed by atoms with Gasteiger partial charge in [-0.15, -0.1) is 0 Å². The fraction of sp³-hybridized carbons (Fsp3) is 0.167. The highest BCUT2D eigenvalue weighted by Crippen LogP contribution is 2.31. The van der Waals surface area contributed by atoms with Crippen molar-refractivity contribution in [1.29, 1.82) is 0 Å². The van der Waals surface area contributed by atoms with Gasteiger partial charge in [0.2, 0.25) is 0 Å². The number of carbonyl (C=O) groups is 1. The van der Waals surface area contributed by atoms with Crippen LogP contribution in [0.25, 0.3) is 5.65 Å². The second-order valence-electron chi connectivity index (χ2n) is 7.23. The van der Waals surface area contributed by atoms with E-state index in [-0.39, 0.29) is 23.2 Å². The lowest BCUT2D eigenvalue weighted by atomic mass is 10.2. The summed E-state index contributed by atoms with van der Waals surface area (Å²) >= 11 is 0. The normalized spacial score (nSPS) is 11.3. The quantitative estimate of drug-likeness (QED) is 0.423. The van der Waals surface area contributed by atoms with E-state index in [0.29, 0.717) is 22.7 Å². The first-order chi connectivity index (χ1) is 15.9. The van der Waals surface area contributed by atoms with Crippen molar-refractivity contribution in [3.05, 3.63) is 84.3 Å². The van der Waals surface area contributed by atoms with Crippen LogP contribution < -0.4 is 14.8 Å². The minimum Gasteiger partial charge on any atom is -0.493 e. The van der Waals surface area contributed by atoms with Crippen molar-refractivity contribution in [3.8, 4) is 11.5 Å². The molecule has 0 aliphatic carbocycles. The molecule has 0 bridgehead atoms. The molecule has 2 aromatic heterocycles. The van der Waals surface area contributed by atoms with Crippen molar-refractivity contribution < 1.29 is 22.7 Å². The van der Waals surface area contributed by atoms with E-state index in [1.54, 1.807) is 25.1 Å². The molecule has 0 spiro atoms. The Morgan fingerprint density at radius 1 is 1.06 bits per heavy atom. The van der Waals surface area contributed by atoms with E-state index in [9.17, 15) is 13.2 Å². The van der Waals surface area contributed by atoms with Gasteiger partial charge in [-0.25, -0.2) is 13.4 Å². The number of methoxy groups -OCH3 is 1. The summed E-state index contributed by atoms with van der Waals surface area (Å²) in [5.74, 6) is 0.608. The second-order valence-corrected chi connectivity index (χ2v) is 9.51. The van der Waals surface area contributed by atoms with Crippen LogP contribution in [0.2, 0.25) is 0 Å². The molecule has 33 heavy (non-hydrogen) atoms. The Bertz CT molecular complexity index is 1360. The third-order valence-electron chi connectivity index (χ3n) is 5.07. The first-order valence-electron chi connectivity index (χ1n) is 10.3. The largest absolute Gasteiger partial charge is 0.493 e.